The Kier molecular flexibility index (Phi) is 6.78. The number of benzene rings is 2. The van der Waals surface area contributed by atoms with Crippen molar-refractivity contribution in [2.45, 2.75) is 26.4 Å². The molecule has 1 heterocycles. The van der Waals surface area contributed by atoms with Gasteiger partial charge < -0.3 is 14.8 Å². The fourth-order valence-electron chi connectivity index (χ4n) is 3.40. The number of methoxy groups -OCH3 is 1. The van der Waals surface area contributed by atoms with Gasteiger partial charge in [-0.2, -0.15) is 0 Å². The van der Waals surface area contributed by atoms with Crippen molar-refractivity contribution in [2.75, 3.05) is 33.4 Å². The first-order valence-electron chi connectivity index (χ1n) is 9.20. The van der Waals surface area contributed by atoms with Crippen molar-refractivity contribution >= 4 is 11.6 Å². The van der Waals surface area contributed by atoms with Crippen molar-refractivity contribution in [3.8, 4) is 11.5 Å². The van der Waals surface area contributed by atoms with E-state index in [0.717, 1.165) is 44.7 Å². The molecule has 0 saturated carbocycles. The van der Waals surface area contributed by atoms with Gasteiger partial charge >= 0.3 is 0 Å². The fourth-order valence-corrected chi connectivity index (χ4v) is 3.71. The summed E-state index contributed by atoms with van der Waals surface area (Å²) in [6.07, 6.45) is 1.14. The maximum atomic E-state index is 6.31. The van der Waals surface area contributed by atoms with Crippen LogP contribution in [0.4, 0.5) is 0 Å². The van der Waals surface area contributed by atoms with E-state index in [4.69, 9.17) is 21.1 Å². The number of nitrogens with one attached hydrogen (secondary N) is 1. The quantitative estimate of drug-likeness (QED) is 0.710. The van der Waals surface area contributed by atoms with Gasteiger partial charge in [0.2, 0.25) is 0 Å². The molecule has 3 rings (SSSR count). The molecule has 4 nitrogen and oxygen atoms in total. The zero-order valence-electron chi connectivity index (χ0n) is 15.6. The van der Waals surface area contributed by atoms with Gasteiger partial charge in [-0.15, -0.1) is 0 Å². The lowest BCUT2D eigenvalue weighted by molar-refractivity contribution is 0.254. The highest BCUT2D eigenvalue weighted by molar-refractivity contribution is 6.32. The van der Waals surface area contributed by atoms with Crippen molar-refractivity contribution in [3.05, 3.63) is 58.1 Å². The molecule has 140 valence electrons. The maximum Gasteiger partial charge on any atom is 0.179 e. The van der Waals surface area contributed by atoms with Gasteiger partial charge in [0.15, 0.2) is 11.5 Å². The van der Waals surface area contributed by atoms with Crippen LogP contribution in [0.5, 0.6) is 11.5 Å². The Morgan fingerprint density at radius 1 is 1.19 bits per heavy atom. The zero-order chi connectivity index (χ0) is 18.4. The summed E-state index contributed by atoms with van der Waals surface area (Å²) in [4.78, 5) is 2.50. The third-order valence-corrected chi connectivity index (χ3v) is 5.00. The standard InChI is InChI=1S/C21H27ClN2O2/c1-3-26-20-13-16(12-19(22)21(20)25-2)14-23-9-11-24-10-8-17-6-4-5-7-18(17)15-24/h4-7,12-13,23H,3,8-11,14-15H2,1-2H3. The average Bonchev–Trinajstić information content (AvgIpc) is 2.65. The number of halogens is 1. The van der Waals surface area contributed by atoms with Gasteiger partial charge in [0.25, 0.3) is 0 Å². The molecule has 0 saturated heterocycles. The minimum Gasteiger partial charge on any atom is -0.491 e. The maximum absolute atomic E-state index is 6.31. The Hall–Kier alpha value is -1.75. The molecule has 0 bridgehead atoms. The van der Waals surface area contributed by atoms with E-state index in [1.165, 1.54) is 11.1 Å². The van der Waals surface area contributed by atoms with Crippen molar-refractivity contribution in [1.82, 2.24) is 10.2 Å². The first-order chi connectivity index (χ1) is 12.7. The van der Waals surface area contributed by atoms with Crippen LogP contribution in [0, 0.1) is 0 Å². The van der Waals surface area contributed by atoms with Gasteiger partial charge in [-0.05, 0) is 42.2 Å². The van der Waals surface area contributed by atoms with Crippen LogP contribution < -0.4 is 14.8 Å². The molecular formula is C21H27ClN2O2. The van der Waals surface area contributed by atoms with Crippen LogP contribution in [-0.4, -0.2) is 38.3 Å². The molecule has 2 aromatic carbocycles. The highest BCUT2D eigenvalue weighted by atomic mass is 35.5. The van der Waals surface area contributed by atoms with Gasteiger partial charge in [0, 0.05) is 32.7 Å². The Labute approximate surface area is 161 Å². The van der Waals surface area contributed by atoms with E-state index in [2.05, 4.69) is 34.5 Å². The van der Waals surface area contributed by atoms with Gasteiger partial charge in [-0.3, -0.25) is 4.90 Å². The summed E-state index contributed by atoms with van der Waals surface area (Å²) in [6, 6.07) is 12.7. The summed E-state index contributed by atoms with van der Waals surface area (Å²) in [6.45, 7) is 7.44. The van der Waals surface area contributed by atoms with Crippen LogP contribution in [0.25, 0.3) is 0 Å². The molecule has 0 amide bonds. The molecule has 5 heteroatoms. The molecule has 1 aliphatic heterocycles. The predicted octanol–water partition coefficient (Wildman–Crippen LogP) is 3.90. The normalized spacial score (nSPS) is 14.1. The molecule has 26 heavy (non-hydrogen) atoms. The second kappa shape index (κ2) is 9.26. The SMILES string of the molecule is CCOc1cc(CNCCN2CCc3ccccc3C2)cc(Cl)c1OC. The topological polar surface area (TPSA) is 33.7 Å². The molecule has 0 atom stereocenters. The van der Waals surface area contributed by atoms with Crippen LogP contribution in [0.2, 0.25) is 5.02 Å². The van der Waals surface area contributed by atoms with Gasteiger partial charge in [0.05, 0.1) is 18.7 Å². The van der Waals surface area contributed by atoms with Gasteiger partial charge in [0.1, 0.15) is 0 Å². The Balaban J connectivity index is 1.49. The molecular weight excluding hydrogens is 348 g/mol. The molecule has 0 aromatic heterocycles. The first-order valence-corrected chi connectivity index (χ1v) is 9.58. The van der Waals surface area contributed by atoms with E-state index >= 15 is 0 Å². The number of hydrogen-bond donors (Lipinski definition) is 1. The van der Waals surface area contributed by atoms with Crippen LogP contribution in [0.1, 0.15) is 23.6 Å². The molecule has 0 aliphatic carbocycles. The molecule has 2 aromatic rings. The van der Waals surface area contributed by atoms with Crippen LogP contribution in [-0.2, 0) is 19.5 Å². The third-order valence-electron chi connectivity index (χ3n) is 4.72. The second-order valence-corrected chi connectivity index (χ2v) is 6.92. The third kappa shape index (κ3) is 4.70. The first kappa shape index (κ1) is 19.0. The Morgan fingerprint density at radius 3 is 2.77 bits per heavy atom. The number of fused-ring (bicyclic) bond motifs is 1. The number of ether oxygens (including phenoxy) is 2. The summed E-state index contributed by atoms with van der Waals surface area (Å²) in [5, 5.41) is 4.10. The van der Waals surface area contributed by atoms with E-state index in [1.54, 1.807) is 7.11 Å². The minimum absolute atomic E-state index is 0.583. The predicted molar refractivity (Wildman–Crippen MR) is 106 cm³/mol. The molecule has 0 fully saturated rings. The van der Waals surface area contributed by atoms with E-state index in [9.17, 15) is 0 Å². The molecule has 1 N–H and O–H groups in total. The lowest BCUT2D eigenvalue weighted by Gasteiger charge is -2.28. The molecule has 0 spiro atoms. The van der Waals surface area contributed by atoms with E-state index in [1.807, 2.05) is 19.1 Å². The number of nitrogens with zero attached hydrogens (tertiary/aromatic N) is 1. The smallest absolute Gasteiger partial charge is 0.179 e. The number of hydrogen-bond acceptors (Lipinski definition) is 4. The number of rotatable bonds is 8. The van der Waals surface area contributed by atoms with Gasteiger partial charge in [-0.25, -0.2) is 0 Å². The summed E-state index contributed by atoms with van der Waals surface area (Å²) in [5.74, 6) is 1.30. The highest BCUT2D eigenvalue weighted by Crippen LogP contribution is 2.36. The van der Waals surface area contributed by atoms with Crippen molar-refractivity contribution in [3.63, 3.8) is 0 Å². The van der Waals surface area contributed by atoms with Crippen LogP contribution in [0.15, 0.2) is 36.4 Å². The molecule has 0 radical (unpaired) electrons. The Morgan fingerprint density at radius 2 is 2.00 bits per heavy atom. The monoisotopic (exact) mass is 374 g/mol. The summed E-state index contributed by atoms with van der Waals surface area (Å²) in [7, 11) is 1.61. The van der Waals surface area contributed by atoms with Gasteiger partial charge in [-0.1, -0.05) is 35.9 Å². The molecule has 0 unspecified atom stereocenters. The van der Waals surface area contributed by atoms with E-state index in [0.29, 0.717) is 23.1 Å². The fraction of sp³-hybridized carbons (Fsp3) is 0.429. The van der Waals surface area contributed by atoms with E-state index in [-0.39, 0.29) is 0 Å². The zero-order valence-corrected chi connectivity index (χ0v) is 16.3. The summed E-state index contributed by atoms with van der Waals surface area (Å²) in [5.41, 5.74) is 4.05. The van der Waals surface area contributed by atoms with E-state index < -0.39 is 0 Å². The lowest BCUT2D eigenvalue weighted by atomic mass is 10.00. The second-order valence-electron chi connectivity index (χ2n) is 6.51. The van der Waals surface area contributed by atoms with Crippen molar-refractivity contribution in [2.24, 2.45) is 0 Å². The highest BCUT2D eigenvalue weighted by Gasteiger charge is 2.15. The van der Waals surface area contributed by atoms with Crippen molar-refractivity contribution < 1.29 is 9.47 Å². The average molecular weight is 375 g/mol. The van der Waals surface area contributed by atoms with Crippen LogP contribution in [0.3, 0.4) is 0 Å². The summed E-state index contributed by atoms with van der Waals surface area (Å²) < 4.78 is 11.0. The molecule has 1 aliphatic rings. The summed E-state index contributed by atoms with van der Waals surface area (Å²) >= 11 is 6.31. The Bertz CT molecular complexity index is 736. The van der Waals surface area contributed by atoms with Crippen molar-refractivity contribution in [1.29, 1.82) is 0 Å². The largest absolute Gasteiger partial charge is 0.491 e. The minimum atomic E-state index is 0.583. The lowest BCUT2D eigenvalue weighted by Crippen LogP contribution is -2.35. The van der Waals surface area contributed by atoms with Crippen LogP contribution >= 0.6 is 11.6 Å².